The van der Waals surface area contributed by atoms with E-state index in [1.807, 2.05) is 6.92 Å². The second kappa shape index (κ2) is 4.23. The predicted octanol–water partition coefficient (Wildman–Crippen LogP) is -0.0980. The Morgan fingerprint density at radius 3 is 2.60 bits per heavy atom. The van der Waals surface area contributed by atoms with E-state index in [9.17, 15) is 4.21 Å². The van der Waals surface area contributed by atoms with E-state index in [4.69, 9.17) is 4.74 Å². The van der Waals surface area contributed by atoms with Gasteiger partial charge in [0.2, 0.25) is 0 Å². The van der Waals surface area contributed by atoms with Gasteiger partial charge in [0.05, 0.1) is 15.3 Å². The highest BCUT2D eigenvalue weighted by molar-refractivity contribution is 8.31. The van der Waals surface area contributed by atoms with Crippen molar-refractivity contribution in [1.29, 1.82) is 0 Å². The first-order valence-corrected chi connectivity index (χ1v) is 5.81. The van der Waals surface area contributed by atoms with E-state index in [0.717, 1.165) is 0 Å². The summed E-state index contributed by atoms with van der Waals surface area (Å²) in [6.45, 7) is 2.40. The van der Waals surface area contributed by atoms with Crippen molar-refractivity contribution < 1.29 is 8.95 Å². The number of hydrogen-bond donors (Lipinski definition) is 1. The highest BCUT2D eigenvalue weighted by Crippen LogP contribution is 1.85. The molecular formula is C5H13NO2S2. The SMILES string of the molecule is COCC(C)NS(C)(=O)=S. The first-order valence-electron chi connectivity index (χ1n) is 2.92. The van der Waals surface area contributed by atoms with Crippen molar-refractivity contribution in [2.75, 3.05) is 20.0 Å². The van der Waals surface area contributed by atoms with E-state index >= 15 is 0 Å². The second-order valence-corrected chi connectivity index (χ2v) is 5.93. The standard InChI is InChI=1S/C5H13NO2S2/c1-5(4-8-2)6-10(3,7)9/h5-6H,4H2,1-3H3. The Hall–Kier alpha value is 0.290. The van der Waals surface area contributed by atoms with Crippen LogP contribution in [0, 0.1) is 0 Å². The molecule has 0 fully saturated rings. The fraction of sp³-hybridized carbons (Fsp3) is 1.00. The van der Waals surface area contributed by atoms with Gasteiger partial charge in [0.25, 0.3) is 0 Å². The average molecular weight is 183 g/mol. The van der Waals surface area contributed by atoms with Crippen LogP contribution in [0.4, 0.5) is 0 Å². The Morgan fingerprint density at radius 1 is 1.80 bits per heavy atom. The van der Waals surface area contributed by atoms with Gasteiger partial charge < -0.3 is 4.74 Å². The molecule has 62 valence electrons. The zero-order valence-electron chi connectivity index (χ0n) is 6.42. The summed E-state index contributed by atoms with van der Waals surface area (Å²) in [7, 11) is -0.646. The number of ether oxygens (including phenoxy) is 1. The van der Waals surface area contributed by atoms with E-state index in [1.165, 1.54) is 6.26 Å². The molecule has 0 radical (unpaired) electrons. The predicted molar refractivity (Wildman–Crippen MR) is 45.9 cm³/mol. The minimum atomic E-state index is -2.24. The first-order chi connectivity index (χ1) is 4.45. The van der Waals surface area contributed by atoms with Gasteiger partial charge in [-0.2, -0.15) is 0 Å². The van der Waals surface area contributed by atoms with Crippen LogP contribution in [0.25, 0.3) is 0 Å². The lowest BCUT2D eigenvalue weighted by molar-refractivity contribution is 0.181. The molecule has 0 spiro atoms. The molecule has 0 bridgehead atoms. The van der Waals surface area contributed by atoms with Crippen molar-refractivity contribution in [3.63, 3.8) is 0 Å². The van der Waals surface area contributed by atoms with Gasteiger partial charge >= 0.3 is 0 Å². The number of nitrogens with one attached hydrogen (secondary N) is 1. The van der Waals surface area contributed by atoms with Gasteiger partial charge in [-0.3, -0.25) is 0 Å². The van der Waals surface area contributed by atoms with E-state index in [1.54, 1.807) is 7.11 Å². The Morgan fingerprint density at radius 2 is 2.30 bits per heavy atom. The third kappa shape index (κ3) is 6.41. The molecule has 0 rings (SSSR count). The molecule has 0 heterocycles. The van der Waals surface area contributed by atoms with Gasteiger partial charge in [-0.1, -0.05) is 0 Å². The molecule has 0 aromatic heterocycles. The Balaban J connectivity index is 3.69. The molecule has 10 heavy (non-hydrogen) atoms. The molecule has 0 saturated carbocycles. The number of methoxy groups -OCH3 is 1. The topological polar surface area (TPSA) is 38.3 Å². The first kappa shape index (κ1) is 10.3. The molecular weight excluding hydrogens is 170 g/mol. The third-order valence-electron chi connectivity index (χ3n) is 0.832. The minimum absolute atomic E-state index is 0.0556. The Labute approximate surface area is 66.9 Å². The summed E-state index contributed by atoms with van der Waals surface area (Å²) in [5, 5.41) is 0. The van der Waals surface area contributed by atoms with Crippen LogP contribution in [-0.2, 0) is 24.6 Å². The van der Waals surface area contributed by atoms with Crippen molar-refractivity contribution in [3.8, 4) is 0 Å². The fourth-order valence-corrected chi connectivity index (χ4v) is 1.94. The van der Waals surface area contributed by atoms with Crippen molar-refractivity contribution >= 4 is 19.9 Å². The molecule has 1 N–H and O–H groups in total. The second-order valence-electron chi connectivity index (χ2n) is 2.25. The maximum Gasteiger partial charge on any atom is 0.0870 e. The molecule has 0 aromatic carbocycles. The van der Waals surface area contributed by atoms with Crippen LogP contribution in [0.3, 0.4) is 0 Å². The van der Waals surface area contributed by atoms with Gasteiger partial charge in [-0.05, 0) is 18.1 Å². The molecule has 2 unspecified atom stereocenters. The van der Waals surface area contributed by atoms with Crippen molar-refractivity contribution in [3.05, 3.63) is 0 Å². The maximum absolute atomic E-state index is 10.9. The van der Waals surface area contributed by atoms with Crippen LogP contribution in [-0.4, -0.2) is 30.2 Å². The van der Waals surface area contributed by atoms with E-state index in [-0.39, 0.29) is 6.04 Å². The van der Waals surface area contributed by atoms with Crippen molar-refractivity contribution in [2.24, 2.45) is 0 Å². The van der Waals surface area contributed by atoms with E-state index in [2.05, 4.69) is 15.9 Å². The van der Waals surface area contributed by atoms with E-state index < -0.39 is 8.68 Å². The Kier molecular flexibility index (Phi) is 4.35. The molecule has 0 aliphatic carbocycles. The van der Waals surface area contributed by atoms with E-state index in [0.29, 0.717) is 6.61 Å². The van der Waals surface area contributed by atoms with Crippen molar-refractivity contribution in [2.45, 2.75) is 13.0 Å². The van der Waals surface area contributed by atoms with Crippen LogP contribution >= 0.6 is 0 Å². The number of hydrogen-bond acceptors (Lipinski definition) is 3. The van der Waals surface area contributed by atoms with Gasteiger partial charge in [0, 0.05) is 19.4 Å². The molecule has 0 aliphatic heterocycles. The minimum Gasteiger partial charge on any atom is -0.383 e. The average Bonchev–Trinajstić information content (AvgIpc) is 1.59. The maximum atomic E-state index is 10.9. The van der Waals surface area contributed by atoms with Crippen LogP contribution in [0.1, 0.15) is 6.92 Å². The highest BCUT2D eigenvalue weighted by Gasteiger charge is 2.03. The summed E-state index contributed by atoms with van der Waals surface area (Å²) in [5.41, 5.74) is 0. The Bertz CT molecular complexity index is 176. The lowest BCUT2D eigenvalue weighted by Gasteiger charge is -2.11. The van der Waals surface area contributed by atoms with Gasteiger partial charge in [0.15, 0.2) is 0 Å². The molecule has 0 aromatic rings. The lowest BCUT2D eigenvalue weighted by atomic mass is 10.4. The van der Waals surface area contributed by atoms with Crippen LogP contribution in [0.2, 0.25) is 0 Å². The van der Waals surface area contributed by atoms with Gasteiger partial charge in [-0.15, -0.1) is 0 Å². The molecule has 0 amide bonds. The summed E-state index contributed by atoms with van der Waals surface area (Å²) < 4.78 is 18.5. The highest BCUT2D eigenvalue weighted by atomic mass is 32.8. The normalized spacial score (nSPS) is 19.9. The summed E-state index contributed by atoms with van der Waals surface area (Å²) in [4.78, 5) is 0. The van der Waals surface area contributed by atoms with Crippen LogP contribution < -0.4 is 4.72 Å². The molecule has 5 heteroatoms. The summed E-state index contributed by atoms with van der Waals surface area (Å²) >= 11 is 4.64. The number of rotatable bonds is 4. The zero-order chi connectivity index (χ0) is 8.20. The van der Waals surface area contributed by atoms with Crippen molar-refractivity contribution in [1.82, 2.24) is 4.72 Å². The summed E-state index contributed by atoms with van der Waals surface area (Å²) in [6, 6.07) is 0.0556. The zero-order valence-corrected chi connectivity index (χ0v) is 8.05. The summed E-state index contributed by atoms with van der Waals surface area (Å²) in [5.74, 6) is 0. The summed E-state index contributed by atoms with van der Waals surface area (Å²) in [6.07, 6.45) is 1.49. The van der Waals surface area contributed by atoms with Crippen LogP contribution in [0.5, 0.6) is 0 Å². The molecule has 0 saturated heterocycles. The molecule has 0 aliphatic rings. The molecule has 3 nitrogen and oxygen atoms in total. The van der Waals surface area contributed by atoms with Gasteiger partial charge in [-0.25, -0.2) is 8.93 Å². The lowest BCUT2D eigenvalue weighted by Crippen LogP contribution is -2.34. The monoisotopic (exact) mass is 183 g/mol. The molecule has 2 atom stereocenters. The largest absolute Gasteiger partial charge is 0.383 e. The third-order valence-corrected chi connectivity index (χ3v) is 1.95. The van der Waals surface area contributed by atoms with Gasteiger partial charge in [0.1, 0.15) is 0 Å². The fourth-order valence-electron chi connectivity index (χ4n) is 0.649. The smallest absolute Gasteiger partial charge is 0.0870 e. The van der Waals surface area contributed by atoms with Crippen LogP contribution in [0.15, 0.2) is 0 Å². The quantitative estimate of drug-likeness (QED) is 0.661.